The fourth-order valence-corrected chi connectivity index (χ4v) is 2.20. The molecule has 0 N–H and O–H groups in total. The van der Waals surface area contributed by atoms with Gasteiger partial charge in [-0.25, -0.2) is 9.18 Å². The number of nitrogens with zero attached hydrogens (tertiary/aromatic N) is 1. The Bertz CT molecular complexity index is 491. The minimum absolute atomic E-state index is 0.0689. The standard InChI is InChI=1S/C16H22FNO3/c1-16(2,3)21-15(19)18-10-8-12(9-11-18)20-14-7-5-4-6-13(14)17/h4-7,12H,8-11H2,1-3H3. The molecule has 1 aromatic rings. The summed E-state index contributed by atoms with van der Waals surface area (Å²) < 4.78 is 24.5. The van der Waals surface area contributed by atoms with Crippen LogP contribution >= 0.6 is 0 Å². The van der Waals surface area contributed by atoms with E-state index in [0.717, 1.165) is 0 Å². The Morgan fingerprint density at radius 1 is 1.24 bits per heavy atom. The minimum Gasteiger partial charge on any atom is -0.487 e. The van der Waals surface area contributed by atoms with E-state index in [0.29, 0.717) is 25.9 Å². The molecule has 1 saturated heterocycles. The minimum atomic E-state index is -0.488. The van der Waals surface area contributed by atoms with Gasteiger partial charge in [-0.05, 0) is 32.9 Å². The fourth-order valence-electron chi connectivity index (χ4n) is 2.20. The third-order valence-corrected chi connectivity index (χ3v) is 3.22. The van der Waals surface area contributed by atoms with E-state index in [-0.39, 0.29) is 23.8 Å². The van der Waals surface area contributed by atoms with Crippen molar-refractivity contribution < 1.29 is 18.7 Å². The topological polar surface area (TPSA) is 38.8 Å². The number of carbonyl (C=O) groups is 1. The molecule has 4 nitrogen and oxygen atoms in total. The van der Waals surface area contributed by atoms with Crippen LogP contribution in [-0.4, -0.2) is 35.8 Å². The Hall–Kier alpha value is -1.78. The molecule has 0 saturated carbocycles. The Balaban J connectivity index is 1.83. The van der Waals surface area contributed by atoms with Gasteiger partial charge in [0, 0.05) is 25.9 Å². The van der Waals surface area contributed by atoms with Gasteiger partial charge >= 0.3 is 6.09 Å². The molecule has 0 atom stereocenters. The van der Waals surface area contributed by atoms with Crippen molar-refractivity contribution in [3.8, 4) is 5.75 Å². The molecule has 1 fully saturated rings. The molecule has 0 radical (unpaired) electrons. The Labute approximate surface area is 124 Å². The van der Waals surface area contributed by atoms with Gasteiger partial charge in [-0.3, -0.25) is 0 Å². The third-order valence-electron chi connectivity index (χ3n) is 3.22. The van der Waals surface area contributed by atoms with Crippen LogP contribution in [-0.2, 0) is 4.74 Å². The van der Waals surface area contributed by atoms with Crippen LogP contribution < -0.4 is 4.74 Å². The van der Waals surface area contributed by atoms with Gasteiger partial charge in [0.15, 0.2) is 11.6 Å². The number of rotatable bonds is 2. The van der Waals surface area contributed by atoms with Crippen molar-refractivity contribution in [1.82, 2.24) is 4.90 Å². The average Bonchev–Trinajstić information content (AvgIpc) is 2.40. The van der Waals surface area contributed by atoms with Gasteiger partial charge in [-0.1, -0.05) is 12.1 Å². The van der Waals surface area contributed by atoms with Crippen molar-refractivity contribution in [3.05, 3.63) is 30.1 Å². The molecule has 0 unspecified atom stereocenters. The van der Waals surface area contributed by atoms with E-state index >= 15 is 0 Å². The van der Waals surface area contributed by atoms with Crippen molar-refractivity contribution in [2.24, 2.45) is 0 Å². The number of likely N-dealkylation sites (tertiary alicyclic amines) is 1. The summed E-state index contributed by atoms with van der Waals surface area (Å²) in [5.41, 5.74) is -0.488. The molecule has 0 spiro atoms. The zero-order chi connectivity index (χ0) is 15.5. The number of hydrogen-bond donors (Lipinski definition) is 0. The molecule has 0 bridgehead atoms. The second kappa shape index (κ2) is 6.33. The highest BCUT2D eigenvalue weighted by Crippen LogP contribution is 2.22. The molecule has 0 aromatic heterocycles. The molecule has 1 amide bonds. The Morgan fingerprint density at radius 2 is 1.86 bits per heavy atom. The molecule has 5 heteroatoms. The van der Waals surface area contributed by atoms with Crippen molar-refractivity contribution in [3.63, 3.8) is 0 Å². The summed E-state index contributed by atoms with van der Waals surface area (Å²) in [6, 6.07) is 6.38. The van der Waals surface area contributed by atoms with Crippen LogP contribution in [0, 0.1) is 5.82 Å². The third kappa shape index (κ3) is 4.62. The smallest absolute Gasteiger partial charge is 0.410 e. The second-order valence-electron chi connectivity index (χ2n) is 6.22. The zero-order valence-electron chi connectivity index (χ0n) is 12.8. The van der Waals surface area contributed by atoms with Crippen LogP contribution in [0.5, 0.6) is 5.75 Å². The lowest BCUT2D eigenvalue weighted by molar-refractivity contribution is 0.0123. The monoisotopic (exact) mass is 295 g/mol. The van der Waals surface area contributed by atoms with Crippen LogP contribution in [0.1, 0.15) is 33.6 Å². The summed E-state index contributed by atoms with van der Waals surface area (Å²) in [5.74, 6) is -0.0831. The van der Waals surface area contributed by atoms with Crippen molar-refractivity contribution in [2.45, 2.75) is 45.3 Å². The quantitative estimate of drug-likeness (QED) is 0.836. The predicted octanol–water partition coefficient (Wildman–Crippen LogP) is 3.60. The lowest BCUT2D eigenvalue weighted by atomic mass is 10.1. The number of halogens is 1. The number of hydrogen-bond acceptors (Lipinski definition) is 3. The number of carbonyl (C=O) groups excluding carboxylic acids is 1. The molecular formula is C16H22FNO3. The Morgan fingerprint density at radius 3 is 2.43 bits per heavy atom. The molecule has 116 valence electrons. The maximum atomic E-state index is 13.5. The lowest BCUT2D eigenvalue weighted by Gasteiger charge is -2.33. The number of amides is 1. The normalized spacial score (nSPS) is 16.7. The van der Waals surface area contributed by atoms with Crippen molar-refractivity contribution in [2.75, 3.05) is 13.1 Å². The summed E-state index contributed by atoms with van der Waals surface area (Å²) in [6.07, 6.45) is 0.980. The van der Waals surface area contributed by atoms with Crippen LogP contribution in [0.25, 0.3) is 0 Å². The van der Waals surface area contributed by atoms with Gasteiger partial charge < -0.3 is 14.4 Å². The highest BCUT2D eigenvalue weighted by atomic mass is 19.1. The van der Waals surface area contributed by atoms with Gasteiger partial charge in [0.2, 0.25) is 0 Å². The van der Waals surface area contributed by atoms with Crippen LogP contribution in [0.15, 0.2) is 24.3 Å². The largest absolute Gasteiger partial charge is 0.487 e. The first-order valence-corrected chi connectivity index (χ1v) is 7.24. The predicted molar refractivity (Wildman–Crippen MR) is 77.9 cm³/mol. The molecule has 0 aliphatic carbocycles. The van der Waals surface area contributed by atoms with E-state index < -0.39 is 5.60 Å². The van der Waals surface area contributed by atoms with Gasteiger partial charge in [0.05, 0.1) is 0 Å². The van der Waals surface area contributed by atoms with Crippen LogP contribution in [0.2, 0.25) is 0 Å². The first-order valence-electron chi connectivity index (χ1n) is 7.24. The highest BCUT2D eigenvalue weighted by Gasteiger charge is 2.27. The molecular weight excluding hydrogens is 273 g/mol. The van der Waals surface area contributed by atoms with E-state index in [1.54, 1.807) is 23.1 Å². The van der Waals surface area contributed by atoms with Crippen molar-refractivity contribution in [1.29, 1.82) is 0 Å². The van der Waals surface area contributed by atoms with Crippen LogP contribution in [0.4, 0.5) is 9.18 Å². The molecule has 1 aliphatic rings. The van der Waals surface area contributed by atoms with Crippen molar-refractivity contribution >= 4 is 6.09 Å². The van der Waals surface area contributed by atoms with Gasteiger partial charge in [0.25, 0.3) is 0 Å². The summed E-state index contributed by atoms with van der Waals surface area (Å²) in [7, 11) is 0. The first-order chi connectivity index (χ1) is 9.85. The second-order valence-corrected chi connectivity index (χ2v) is 6.22. The maximum absolute atomic E-state index is 13.5. The van der Waals surface area contributed by atoms with E-state index in [9.17, 15) is 9.18 Å². The van der Waals surface area contributed by atoms with E-state index in [4.69, 9.17) is 9.47 Å². The van der Waals surface area contributed by atoms with E-state index in [2.05, 4.69) is 0 Å². The van der Waals surface area contributed by atoms with Gasteiger partial charge in [-0.15, -0.1) is 0 Å². The summed E-state index contributed by atoms with van der Waals surface area (Å²) in [4.78, 5) is 13.6. The number of para-hydroxylation sites is 1. The number of benzene rings is 1. The summed E-state index contributed by atoms with van der Waals surface area (Å²) in [5, 5.41) is 0. The maximum Gasteiger partial charge on any atom is 0.410 e. The van der Waals surface area contributed by atoms with E-state index in [1.807, 2.05) is 20.8 Å². The number of ether oxygens (including phenoxy) is 2. The molecule has 1 heterocycles. The molecule has 1 aromatic carbocycles. The first kappa shape index (κ1) is 15.6. The fraction of sp³-hybridized carbons (Fsp3) is 0.562. The molecule has 2 rings (SSSR count). The average molecular weight is 295 g/mol. The Kier molecular flexibility index (Phi) is 4.70. The zero-order valence-corrected chi connectivity index (χ0v) is 12.8. The highest BCUT2D eigenvalue weighted by molar-refractivity contribution is 5.68. The summed E-state index contributed by atoms with van der Waals surface area (Å²) in [6.45, 7) is 6.67. The van der Waals surface area contributed by atoms with Crippen LogP contribution in [0.3, 0.4) is 0 Å². The SMILES string of the molecule is CC(C)(C)OC(=O)N1CCC(Oc2ccccc2F)CC1. The van der Waals surface area contributed by atoms with Gasteiger partial charge in [-0.2, -0.15) is 0 Å². The summed E-state index contributed by atoms with van der Waals surface area (Å²) >= 11 is 0. The van der Waals surface area contributed by atoms with E-state index in [1.165, 1.54) is 6.07 Å². The lowest BCUT2D eigenvalue weighted by Crippen LogP contribution is -2.44. The van der Waals surface area contributed by atoms with Gasteiger partial charge in [0.1, 0.15) is 11.7 Å². The molecule has 21 heavy (non-hydrogen) atoms. The number of piperidine rings is 1. The molecule has 1 aliphatic heterocycles.